The van der Waals surface area contributed by atoms with Crippen LogP contribution in [0, 0.1) is 0 Å². The van der Waals surface area contributed by atoms with Gasteiger partial charge < -0.3 is 19.8 Å². The van der Waals surface area contributed by atoms with Gasteiger partial charge in [0.05, 0.1) is 11.9 Å². The number of carboxylic acid groups (broad SMARTS) is 2. The second kappa shape index (κ2) is 8.11. The minimum absolute atomic E-state index is 0. The van der Waals surface area contributed by atoms with E-state index >= 15 is 0 Å². The molecule has 0 heterocycles. The number of hydrogen-bond acceptors (Lipinski definition) is 6. The molecule has 1 N–H and O–H groups in total. The molecule has 0 aliphatic carbocycles. The van der Waals surface area contributed by atoms with Gasteiger partial charge in [-0.05, 0) is 22.0 Å². The van der Waals surface area contributed by atoms with Crippen molar-refractivity contribution in [2.45, 2.75) is 4.90 Å². The third-order valence-corrected chi connectivity index (χ3v) is 3.65. The molecule has 0 amide bonds. The van der Waals surface area contributed by atoms with E-state index in [9.17, 15) is 28.2 Å². The molecule has 0 aliphatic heterocycles. The summed E-state index contributed by atoms with van der Waals surface area (Å²) in [5.41, 5.74) is -2.07. The average Bonchev–Trinajstić information content (AvgIpc) is 2.14. The van der Waals surface area contributed by atoms with Crippen molar-refractivity contribution in [1.82, 2.24) is 0 Å². The SMILES string of the molecule is O=C([O-])c1ccc(Br)c(S(=O)(=O)O)c1C(=O)[O-].[Na+].[Na+]. The minimum atomic E-state index is -4.92. The van der Waals surface area contributed by atoms with Crippen LogP contribution in [0.1, 0.15) is 20.7 Å². The van der Waals surface area contributed by atoms with Crippen LogP contribution in [-0.2, 0) is 10.1 Å². The summed E-state index contributed by atoms with van der Waals surface area (Å²) in [4.78, 5) is 20.3. The summed E-state index contributed by atoms with van der Waals surface area (Å²) in [5, 5.41) is 21.4. The van der Waals surface area contributed by atoms with Gasteiger partial charge in [-0.15, -0.1) is 0 Å². The number of benzene rings is 1. The van der Waals surface area contributed by atoms with Crippen molar-refractivity contribution < 1.29 is 91.9 Å². The van der Waals surface area contributed by atoms with Crippen LogP contribution in [0.3, 0.4) is 0 Å². The van der Waals surface area contributed by atoms with Gasteiger partial charge in [0.1, 0.15) is 4.90 Å². The van der Waals surface area contributed by atoms with Crippen molar-refractivity contribution in [2.75, 3.05) is 0 Å². The average molecular weight is 369 g/mol. The molecule has 0 saturated carbocycles. The smallest absolute Gasteiger partial charge is 0.545 e. The predicted molar refractivity (Wildman–Crippen MR) is 52.6 cm³/mol. The van der Waals surface area contributed by atoms with E-state index in [1.807, 2.05) is 0 Å². The Bertz CT molecular complexity index is 614. The zero-order chi connectivity index (χ0) is 13.4. The molecule has 1 rings (SSSR count). The van der Waals surface area contributed by atoms with Crippen LogP contribution in [0.4, 0.5) is 0 Å². The van der Waals surface area contributed by atoms with Crippen molar-refractivity contribution in [3.63, 3.8) is 0 Å². The van der Waals surface area contributed by atoms with Crippen LogP contribution >= 0.6 is 15.9 Å². The number of hydrogen-bond donors (Lipinski definition) is 1. The van der Waals surface area contributed by atoms with E-state index in [0.717, 1.165) is 12.1 Å². The predicted octanol–water partition coefficient (Wildman–Crippen LogP) is -7.57. The Morgan fingerprint density at radius 1 is 1.11 bits per heavy atom. The standard InChI is InChI=1S/C8H5BrO7S.2Na/c9-4-2-1-3(7(10)11)5(8(12)13)6(4)17(14,15)16;;/h1-2H,(H,10,11)(H,12,13)(H,14,15,16);;/q;2*+1/p-2. The van der Waals surface area contributed by atoms with Crippen molar-refractivity contribution in [2.24, 2.45) is 0 Å². The van der Waals surface area contributed by atoms with E-state index in [-0.39, 0.29) is 63.6 Å². The number of halogens is 1. The topological polar surface area (TPSA) is 135 Å². The summed E-state index contributed by atoms with van der Waals surface area (Å²) in [5.74, 6) is -3.96. The van der Waals surface area contributed by atoms with Gasteiger partial charge in [-0.3, -0.25) is 4.55 Å². The van der Waals surface area contributed by atoms with Gasteiger partial charge in [0, 0.05) is 15.6 Å². The van der Waals surface area contributed by atoms with E-state index in [0.29, 0.717) is 0 Å². The van der Waals surface area contributed by atoms with Gasteiger partial charge in [-0.1, -0.05) is 6.07 Å². The van der Waals surface area contributed by atoms with Crippen LogP contribution in [-0.4, -0.2) is 24.9 Å². The van der Waals surface area contributed by atoms with Gasteiger partial charge in [-0.2, -0.15) is 8.42 Å². The van der Waals surface area contributed by atoms with Gasteiger partial charge in [-0.25, -0.2) is 0 Å². The summed E-state index contributed by atoms with van der Waals surface area (Å²) < 4.78 is 30.5. The minimum Gasteiger partial charge on any atom is -0.545 e. The fourth-order valence-corrected chi connectivity index (χ4v) is 2.89. The summed E-state index contributed by atoms with van der Waals surface area (Å²) >= 11 is 2.69. The van der Waals surface area contributed by atoms with Gasteiger partial charge in [0.2, 0.25) is 0 Å². The second-order valence-electron chi connectivity index (χ2n) is 2.85. The van der Waals surface area contributed by atoms with E-state index in [1.165, 1.54) is 0 Å². The number of carbonyl (C=O) groups is 2. The fourth-order valence-electron chi connectivity index (χ4n) is 1.18. The molecule has 0 bridgehead atoms. The van der Waals surface area contributed by atoms with Gasteiger partial charge in [0.15, 0.2) is 0 Å². The van der Waals surface area contributed by atoms with Crippen molar-refractivity contribution in [3.8, 4) is 0 Å². The number of carboxylic acids is 2. The molecular weight excluding hydrogens is 366 g/mol. The van der Waals surface area contributed by atoms with Crippen LogP contribution in [0.5, 0.6) is 0 Å². The molecule has 0 saturated heterocycles. The first-order chi connectivity index (χ1) is 7.66. The summed E-state index contributed by atoms with van der Waals surface area (Å²) in [6, 6.07) is 1.78. The van der Waals surface area contributed by atoms with Crippen molar-refractivity contribution in [1.29, 1.82) is 0 Å². The molecule has 7 nitrogen and oxygen atoms in total. The Balaban J connectivity index is 0. The first-order valence-electron chi connectivity index (χ1n) is 3.89. The Labute approximate surface area is 160 Å². The Morgan fingerprint density at radius 2 is 1.58 bits per heavy atom. The molecule has 1 aromatic carbocycles. The van der Waals surface area contributed by atoms with E-state index < -0.39 is 38.1 Å². The molecule has 0 unspecified atom stereocenters. The molecule has 0 atom stereocenters. The summed E-state index contributed by atoms with van der Waals surface area (Å²) in [7, 11) is -4.92. The first kappa shape index (κ1) is 21.8. The number of carbonyl (C=O) groups excluding carboxylic acids is 2. The molecular formula is C8H3BrNa2O7S. The normalized spacial score (nSPS) is 10.0. The first-order valence-corrected chi connectivity index (χ1v) is 6.12. The molecule has 0 aromatic heterocycles. The number of rotatable bonds is 3. The van der Waals surface area contributed by atoms with Crippen LogP contribution in [0.15, 0.2) is 21.5 Å². The van der Waals surface area contributed by atoms with Crippen LogP contribution in [0.25, 0.3) is 0 Å². The van der Waals surface area contributed by atoms with E-state index in [4.69, 9.17) is 4.55 Å². The quantitative estimate of drug-likeness (QED) is 0.413. The van der Waals surface area contributed by atoms with Gasteiger partial charge in [0.25, 0.3) is 10.1 Å². The van der Waals surface area contributed by atoms with Crippen LogP contribution < -0.4 is 69.3 Å². The summed E-state index contributed by atoms with van der Waals surface area (Å²) in [6.45, 7) is 0. The maximum Gasteiger partial charge on any atom is 1.00 e. The Morgan fingerprint density at radius 3 is 1.89 bits per heavy atom. The molecule has 0 fully saturated rings. The molecule has 0 aliphatic rings. The van der Waals surface area contributed by atoms with Crippen LogP contribution in [0.2, 0.25) is 0 Å². The molecule has 0 radical (unpaired) electrons. The molecule has 1 aromatic rings. The third-order valence-electron chi connectivity index (χ3n) is 1.79. The fraction of sp³-hybridized carbons (Fsp3) is 0. The Hall–Kier alpha value is 0.550. The van der Waals surface area contributed by atoms with Crippen molar-refractivity contribution >= 4 is 38.0 Å². The molecule has 19 heavy (non-hydrogen) atoms. The zero-order valence-electron chi connectivity index (χ0n) is 9.84. The van der Waals surface area contributed by atoms with E-state index in [1.54, 1.807) is 0 Å². The Kier molecular flexibility index (Phi) is 9.32. The largest absolute Gasteiger partial charge is 1.00 e. The maximum absolute atomic E-state index is 11.0. The molecule has 92 valence electrons. The number of aromatic carboxylic acids is 2. The maximum atomic E-state index is 11.0. The molecule has 0 spiro atoms. The molecule has 11 heteroatoms. The van der Waals surface area contributed by atoms with Gasteiger partial charge >= 0.3 is 59.1 Å². The van der Waals surface area contributed by atoms with E-state index in [2.05, 4.69) is 15.9 Å². The second-order valence-corrected chi connectivity index (χ2v) is 5.06. The summed E-state index contributed by atoms with van der Waals surface area (Å²) in [6.07, 6.45) is 0. The zero-order valence-corrected chi connectivity index (χ0v) is 16.2. The third kappa shape index (κ3) is 5.10. The monoisotopic (exact) mass is 368 g/mol. The van der Waals surface area contributed by atoms with Crippen molar-refractivity contribution in [3.05, 3.63) is 27.7 Å².